The number of unbranched alkanes of at least 4 members (excludes halogenated alkanes) is 23. The van der Waals surface area contributed by atoms with Gasteiger partial charge in [-0.05, 0) is 44.9 Å². The van der Waals surface area contributed by atoms with E-state index in [0.717, 1.165) is 77.0 Å². The highest BCUT2D eigenvalue weighted by molar-refractivity contribution is 5.71. The monoisotopic (exact) mass is 705 g/mol. The average Bonchev–Trinajstić information content (AvgIpc) is 3.11. The van der Waals surface area contributed by atoms with Crippen LogP contribution in [0.25, 0.3) is 0 Å². The fourth-order valence-electron chi connectivity index (χ4n) is 5.93. The first-order valence-corrected chi connectivity index (χ1v) is 21.3. The molecule has 0 aromatic heterocycles. The van der Waals surface area contributed by atoms with Crippen LogP contribution in [0.5, 0.6) is 0 Å². The molecular weight excluding hydrogens is 624 g/mol. The van der Waals surface area contributed by atoms with Crippen molar-refractivity contribution < 1.29 is 28.6 Å². The molecule has 0 aromatic carbocycles. The van der Waals surface area contributed by atoms with Gasteiger partial charge in [-0.3, -0.25) is 14.4 Å². The molecule has 50 heavy (non-hydrogen) atoms. The Morgan fingerprint density at radius 1 is 0.400 bits per heavy atom. The third-order valence-corrected chi connectivity index (χ3v) is 9.21. The standard InChI is InChI=1S/C44H80O6/c1-4-7-10-13-16-19-21-22-23-24-26-28-31-34-37-43(46)49-40-41(39-48-42(45)36-33-30-27-18-15-12-9-6-3)50-44(47)38-35-32-29-25-20-17-14-11-8-5-2/h13,16,21-22,41H,4-12,14-15,17-20,23-40H2,1-3H3/b16-13-,22-21-. The van der Waals surface area contributed by atoms with Crippen molar-refractivity contribution in [1.29, 1.82) is 0 Å². The van der Waals surface area contributed by atoms with E-state index < -0.39 is 6.10 Å². The van der Waals surface area contributed by atoms with Crippen LogP contribution in [0.4, 0.5) is 0 Å². The Bertz CT molecular complexity index is 819. The second kappa shape index (κ2) is 39.7. The van der Waals surface area contributed by atoms with Gasteiger partial charge in [0, 0.05) is 19.3 Å². The molecule has 292 valence electrons. The number of hydrogen-bond acceptors (Lipinski definition) is 6. The molecule has 0 heterocycles. The van der Waals surface area contributed by atoms with Gasteiger partial charge in [0.05, 0.1) is 0 Å². The van der Waals surface area contributed by atoms with Crippen molar-refractivity contribution in [2.24, 2.45) is 0 Å². The molecule has 0 N–H and O–H groups in total. The number of allylic oxidation sites excluding steroid dienone is 4. The van der Waals surface area contributed by atoms with Gasteiger partial charge >= 0.3 is 17.9 Å². The molecule has 0 saturated heterocycles. The van der Waals surface area contributed by atoms with E-state index in [0.29, 0.717) is 19.3 Å². The Hall–Kier alpha value is -2.11. The number of hydrogen-bond donors (Lipinski definition) is 0. The van der Waals surface area contributed by atoms with Crippen molar-refractivity contribution in [2.45, 2.75) is 226 Å². The van der Waals surface area contributed by atoms with Crippen LogP contribution >= 0.6 is 0 Å². The SMILES string of the molecule is CCCC/C=C\C/C=C\CCCCCCCC(=O)OCC(COC(=O)CCCCCCCCCC)OC(=O)CCCCCCCCCCCC. The normalized spacial score (nSPS) is 12.1. The van der Waals surface area contributed by atoms with E-state index >= 15 is 0 Å². The first kappa shape index (κ1) is 47.9. The summed E-state index contributed by atoms with van der Waals surface area (Å²) < 4.78 is 16.6. The van der Waals surface area contributed by atoms with Crippen molar-refractivity contribution in [2.75, 3.05) is 13.2 Å². The van der Waals surface area contributed by atoms with Crippen LogP contribution in [0.1, 0.15) is 220 Å². The van der Waals surface area contributed by atoms with Crippen molar-refractivity contribution in [3.8, 4) is 0 Å². The summed E-state index contributed by atoms with van der Waals surface area (Å²) in [7, 11) is 0. The molecule has 0 bridgehead atoms. The zero-order valence-corrected chi connectivity index (χ0v) is 33.2. The van der Waals surface area contributed by atoms with Crippen LogP contribution in [0, 0.1) is 0 Å². The van der Waals surface area contributed by atoms with Crippen molar-refractivity contribution in [3.63, 3.8) is 0 Å². The number of rotatable bonds is 38. The molecule has 0 rings (SSSR count). The van der Waals surface area contributed by atoms with Gasteiger partial charge in [-0.1, -0.05) is 180 Å². The highest BCUT2D eigenvalue weighted by Crippen LogP contribution is 2.14. The van der Waals surface area contributed by atoms with Crippen LogP contribution in [0.3, 0.4) is 0 Å². The third kappa shape index (κ3) is 37.2. The van der Waals surface area contributed by atoms with E-state index in [4.69, 9.17) is 14.2 Å². The Labute approximate surface area is 309 Å². The van der Waals surface area contributed by atoms with E-state index in [9.17, 15) is 14.4 Å². The molecule has 1 unspecified atom stereocenters. The van der Waals surface area contributed by atoms with Crippen molar-refractivity contribution in [1.82, 2.24) is 0 Å². The number of esters is 3. The van der Waals surface area contributed by atoms with Gasteiger partial charge in [0.2, 0.25) is 0 Å². The maximum absolute atomic E-state index is 12.6. The van der Waals surface area contributed by atoms with Gasteiger partial charge in [0.15, 0.2) is 6.10 Å². The van der Waals surface area contributed by atoms with E-state index in [1.165, 1.54) is 103 Å². The summed E-state index contributed by atoms with van der Waals surface area (Å²) in [4.78, 5) is 37.5. The van der Waals surface area contributed by atoms with Gasteiger partial charge in [0.25, 0.3) is 0 Å². The van der Waals surface area contributed by atoms with Crippen molar-refractivity contribution >= 4 is 17.9 Å². The molecule has 0 fully saturated rings. The van der Waals surface area contributed by atoms with Gasteiger partial charge in [-0.2, -0.15) is 0 Å². The molecule has 6 heteroatoms. The molecule has 1 atom stereocenters. The lowest BCUT2D eigenvalue weighted by molar-refractivity contribution is -0.167. The number of carbonyl (C=O) groups excluding carboxylic acids is 3. The number of carbonyl (C=O) groups is 3. The molecule has 0 spiro atoms. The molecule has 0 aliphatic heterocycles. The molecule has 0 aliphatic carbocycles. The summed E-state index contributed by atoms with van der Waals surface area (Å²) in [5, 5.41) is 0. The fourth-order valence-corrected chi connectivity index (χ4v) is 5.93. The highest BCUT2D eigenvalue weighted by atomic mass is 16.6. The second-order valence-electron chi connectivity index (χ2n) is 14.3. The van der Waals surface area contributed by atoms with Crippen LogP contribution < -0.4 is 0 Å². The zero-order chi connectivity index (χ0) is 36.6. The lowest BCUT2D eigenvalue weighted by Gasteiger charge is -2.18. The van der Waals surface area contributed by atoms with Gasteiger partial charge in [0.1, 0.15) is 13.2 Å². The lowest BCUT2D eigenvalue weighted by Crippen LogP contribution is -2.30. The zero-order valence-electron chi connectivity index (χ0n) is 33.2. The molecule has 0 saturated carbocycles. The Kier molecular flexibility index (Phi) is 38.0. The molecule has 0 radical (unpaired) electrons. The first-order valence-electron chi connectivity index (χ1n) is 21.3. The van der Waals surface area contributed by atoms with E-state index in [2.05, 4.69) is 45.1 Å². The van der Waals surface area contributed by atoms with E-state index in [-0.39, 0.29) is 31.1 Å². The third-order valence-electron chi connectivity index (χ3n) is 9.21. The minimum Gasteiger partial charge on any atom is -0.462 e. The maximum Gasteiger partial charge on any atom is 0.306 e. The van der Waals surface area contributed by atoms with E-state index in [1.54, 1.807) is 0 Å². The average molecular weight is 705 g/mol. The Morgan fingerprint density at radius 2 is 0.740 bits per heavy atom. The van der Waals surface area contributed by atoms with Gasteiger partial charge < -0.3 is 14.2 Å². The summed E-state index contributed by atoms with van der Waals surface area (Å²) in [6.07, 6.45) is 41.6. The summed E-state index contributed by atoms with van der Waals surface area (Å²) >= 11 is 0. The van der Waals surface area contributed by atoms with E-state index in [1.807, 2.05) is 0 Å². The predicted molar refractivity (Wildman–Crippen MR) is 210 cm³/mol. The fraction of sp³-hybridized carbons (Fsp3) is 0.841. The van der Waals surface area contributed by atoms with Crippen LogP contribution in [0.2, 0.25) is 0 Å². The Morgan fingerprint density at radius 3 is 1.16 bits per heavy atom. The molecule has 0 aromatic rings. The van der Waals surface area contributed by atoms with Crippen LogP contribution in [0.15, 0.2) is 24.3 Å². The summed E-state index contributed by atoms with van der Waals surface area (Å²) in [6, 6.07) is 0. The predicted octanol–water partition coefficient (Wildman–Crippen LogP) is 13.2. The minimum atomic E-state index is -0.767. The lowest BCUT2D eigenvalue weighted by atomic mass is 10.1. The smallest absolute Gasteiger partial charge is 0.306 e. The minimum absolute atomic E-state index is 0.0729. The highest BCUT2D eigenvalue weighted by Gasteiger charge is 2.19. The quantitative estimate of drug-likeness (QED) is 0.0275. The summed E-state index contributed by atoms with van der Waals surface area (Å²) in [5.74, 6) is -0.892. The van der Waals surface area contributed by atoms with Crippen LogP contribution in [-0.2, 0) is 28.6 Å². The molecule has 6 nitrogen and oxygen atoms in total. The largest absolute Gasteiger partial charge is 0.462 e. The second-order valence-corrected chi connectivity index (χ2v) is 14.3. The molecule has 0 amide bonds. The van der Waals surface area contributed by atoms with Crippen LogP contribution in [-0.4, -0.2) is 37.2 Å². The Balaban J connectivity index is 4.34. The summed E-state index contributed by atoms with van der Waals surface area (Å²) in [5.41, 5.74) is 0. The number of ether oxygens (including phenoxy) is 3. The molecule has 0 aliphatic rings. The maximum atomic E-state index is 12.6. The van der Waals surface area contributed by atoms with Crippen molar-refractivity contribution in [3.05, 3.63) is 24.3 Å². The topological polar surface area (TPSA) is 78.9 Å². The van der Waals surface area contributed by atoms with Gasteiger partial charge in [-0.25, -0.2) is 0 Å². The van der Waals surface area contributed by atoms with Gasteiger partial charge in [-0.15, -0.1) is 0 Å². The molecular formula is C44H80O6. The first-order chi connectivity index (χ1) is 24.5. The summed E-state index contributed by atoms with van der Waals surface area (Å²) in [6.45, 7) is 6.53.